The highest BCUT2D eigenvalue weighted by molar-refractivity contribution is 6.01. The average molecular weight is 292 g/mol. The average Bonchev–Trinajstić information content (AvgIpc) is 2.47. The summed E-state index contributed by atoms with van der Waals surface area (Å²) in [6, 6.07) is 13.2. The predicted octanol–water partition coefficient (Wildman–Crippen LogP) is 3.67. The van der Waals surface area contributed by atoms with Gasteiger partial charge in [0.05, 0.1) is 5.70 Å². The number of alkyl halides is 3. The Morgan fingerprint density at radius 2 is 1.71 bits per heavy atom. The van der Waals surface area contributed by atoms with Gasteiger partial charge in [0.25, 0.3) is 5.78 Å². The first-order valence-electron chi connectivity index (χ1n) is 6.03. The topological polar surface area (TPSA) is 42.0 Å². The lowest BCUT2D eigenvalue weighted by molar-refractivity contribution is -0.165. The van der Waals surface area contributed by atoms with Gasteiger partial charge >= 0.3 is 6.18 Å². The first-order chi connectivity index (χ1) is 9.97. The van der Waals surface area contributed by atoms with Crippen LogP contribution >= 0.6 is 0 Å². The van der Waals surface area contributed by atoms with Crippen molar-refractivity contribution in [2.75, 3.05) is 5.32 Å². The van der Waals surface area contributed by atoms with E-state index >= 15 is 0 Å². The fourth-order valence-corrected chi connectivity index (χ4v) is 1.60. The van der Waals surface area contributed by atoms with Crippen molar-refractivity contribution in [1.29, 1.82) is 0 Å². The Morgan fingerprint density at radius 3 is 2.29 bits per heavy atom. The number of hydrogen-bond acceptors (Lipinski definition) is 3. The van der Waals surface area contributed by atoms with E-state index in [0.29, 0.717) is 17.5 Å². The molecular weight excluding hydrogens is 281 g/mol. The van der Waals surface area contributed by atoms with Crippen molar-refractivity contribution in [2.24, 2.45) is 0 Å². The molecule has 0 aliphatic carbocycles. The summed E-state index contributed by atoms with van der Waals surface area (Å²) in [6.45, 7) is 0. The molecule has 2 aromatic rings. The molecule has 0 saturated heterocycles. The summed E-state index contributed by atoms with van der Waals surface area (Å²) >= 11 is 0. The Hall–Kier alpha value is -2.63. The molecule has 0 bridgehead atoms. The number of carbonyl (C=O) groups is 1. The Labute approximate surface area is 119 Å². The van der Waals surface area contributed by atoms with Crippen molar-refractivity contribution in [3.8, 4) is 0 Å². The number of aromatic nitrogens is 1. The molecule has 0 unspecified atom stereocenters. The Kier molecular flexibility index (Phi) is 4.37. The molecule has 0 spiro atoms. The third-order valence-electron chi connectivity index (χ3n) is 2.57. The minimum atomic E-state index is -4.91. The van der Waals surface area contributed by atoms with Gasteiger partial charge < -0.3 is 5.32 Å². The van der Waals surface area contributed by atoms with Crippen molar-refractivity contribution < 1.29 is 18.0 Å². The van der Waals surface area contributed by atoms with Crippen molar-refractivity contribution in [2.45, 2.75) is 6.18 Å². The Morgan fingerprint density at radius 1 is 1.05 bits per heavy atom. The van der Waals surface area contributed by atoms with Gasteiger partial charge in [0.1, 0.15) is 5.82 Å². The summed E-state index contributed by atoms with van der Waals surface area (Å²) in [5, 5.41) is 2.73. The molecule has 0 aliphatic heterocycles. The second-order valence-electron chi connectivity index (χ2n) is 4.13. The number of ketones is 1. The van der Waals surface area contributed by atoms with E-state index in [1.807, 2.05) is 0 Å². The van der Waals surface area contributed by atoms with Crippen LogP contribution in [0.4, 0.5) is 19.0 Å². The normalized spacial score (nSPS) is 12.0. The van der Waals surface area contributed by atoms with Crippen molar-refractivity contribution in [3.05, 3.63) is 66.4 Å². The summed E-state index contributed by atoms with van der Waals surface area (Å²) in [7, 11) is 0. The molecule has 0 fully saturated rings. The van der Waals surface area contributed by atoms with Crippen LogP contribution in [0.5, 0.6) is 0 Å². The first kappa shape index (κ1) is 14.8. The summed E-state index contributed by atoms with van der Waals surface area (Å²) < 4.78 is 37.3. The van der Waals surface area contributed by atoms with Gasteiger partial charge in [-0.2, -0.15) is 13.2 Å². The van der Waals surface area contributed by atoms with Gasteiger partial charge in [-0.05, 0) is 17.7 Å². The highest BCUT2D eigenvalue weighted by Gasteiger charge is 2.36. The van der Waals surface area contributed by atoms with Gasteiger partial charge in [0.15, 0.2) is 0 Å². The van der Waals surface area contributed by atoms with Crippen LogP contribution in [0.2, 0.25) is 0 Å². The lowest BCUT2D eigenvalue weighted by Crippen LogP contribution is -2.21. The predicted molar refractivity (Wildman–Crippen MR) is 73.3 cm³/mol. The largest absolute Gasteiger partial charge is 0.454 e. The van der Waals surface area contributed by atoms with Crippen molar-refractivity contribution in [3.63, 3.8) is 0 Å². The minimum absolute atomic E-state index is 0.0385. The molecule has 1 N–H and O–H groups in total. The van der Waals surface area contributed by atoms with Crippen LogP contribution in [0.3, 0.4) is 0 Å². The number of hydrogen-bond donors (Lipinski definition) is 1. The third kappa shape index (κ3) is 4.17. The third-order valence-corrected chi connectivity index (χ3v) is 2.57. The maximum Gasteiger partial charge on any atom is 0.454 e. The molecule has 0 aliphatic rings. The minimum Gasteiger partial charge on any atom is -0.340 e. The van der Waals surface area contributed by atoms with Crippen LogP contribution in [-0.4, -0.2) is 16.9 Å². The van der Waals surface area contributed by atoms with Crippen LogP contribution in [-0.2, 0) is 4.79 Å². The molecule has 0 atom stereocenters. The fraction of sp³-hybridized carbons (Fsp3) is 0.0667. The number of carbonyl (C=O) groups excluding carboxylic acids is 1. The molecule has 0 saturated carbocycles. The monoisotopic (exact) mass is 292 g/mol. The Bertz CT molecular complexity index is 637. The fourth-order valence-electron chi connectivity index (χ4n) is 1.60. The van der Waals surface area contributed by atoms with E-state index in [0.717, 1.165) is 0 Å². The van der Waals surface area contributed by atoms with Crippen molar-refractivity contribution >= 4 is 17.3 Å². The SMILES string of the molecule is O=C(/C=C(/Nc1ccccn1)c1ccccc1)C(F)(F)F. The van der Waals surface area contributed by atoms with Crippen LogP contribution in [0.1, 0.15) is 5.56 Å². The van der Waals surface area contributed by atoms with Gasteiger partial charge in [-0.3, -0.25) is 4.79 Å². The highest BCUT2D eigenvalue weighted by Crippen LogP contribution is 2.22. The molecule has 2 rings (SSSR count). The molecule has 108 valence electrons. The van der Waals surface area contributed by atoms with Crippen molar-refractivity contribution in [1.82, 2.24) is 4.98 Å². The maximum absolute atomic E-state index is 12.4. The van der Waals surface area contributed by atoms with Crippen LogP contribution < -0.4 is 5.32 Å². The number of pyridine rings is 1. The summed E-state index contributed by atoms with van der Waals surface area (Å²) in [5.41, 5.74) is 0.498. The number of nitrogens with one attached hydrogen (secondary N) is 1. The zero-order valence-corrected chi connectivity index (χ0v) is 10.8. The molecule has 1 aromatic heterocycles. The molecule has 6 heteroatoms. The van der Waals surface area contributed by atoms with E-state index in [4.69, 9.17) is 0 Å². The quantitative estimate of drug-likeness (QED) is 0.874. The smallest absolute Gasteiger partial charge is 0.340 e. The van der Waals surface area contributed by atoms with Crippen LogP contribution in [0, 0.1) is 0 Å². The molecule has 1 heterocycles. The number of anilines is 1. The van der Waals surface area contributed by atoms with Gasteiger partial charge in [0, 0.05) is 12.3 Å². The molecule has 3 nitrogen and oxygen atoms in total. The first-order valence-corrected chi connectivity index (χ1v) is 6.03. The second kappa shape index (κ2) is 6.21. The van der Waals surface area contributed by atoms with Gasteiger partial charge in [-0.1, -0.05) is 36.4 Å². The van der Waals surface area contributed by atoms with Crippen LogP contribution in [0.25, 0.3) is 5.70 Å². The molecule has 0 radical (unpaired) electrons. The summed E-state index contributed by atoms with van der Waals surface area (Å²) in [5.74, 6) is -1.58. The molecule has 1 aromatic carbocycles. The lowest BCUT2D eigenvalue weighted by atomic mass is 10.1. The van der Waals surface area contributed by atoms with Gasteiger partial charge in [-0.15, -0.1) is 0 Å². The van der Waals surface area contributed by atoms with Gasteiger partial charge in [0.2, 0.25) is 0 Å². The maximum atomic E-state index is 12.4. The van der Waals surface area contributed by atoms with Crippen LogP contribution in [0.15, 0.2) is 60.8 Å². The van der Waals surface area contributed by atoms with E-state index in [9.17, 15) is 18.0 Å². The van der Waals surface area contributed by atoms with E-state index < -0.39 is 12.0 Å². The summed E-state index contributed by atoms with van der Waals surface area (Å²) in [6.07, 6.45) is -2.88. The zero-order chi connectivity index (χ0) is 15.3. The highest BCUT2D eigenvalue weighted by atomic mass is 19.4. The van der Waals surface area contributed by atoms with Gasteiger partial charge in [-0.25, -0.2) is 4.98 Å². The lowest BCUT2D eigenvalue weighted by Gasteiger charge is -2.11. The second-order valence-corrected chi connectivity index (χ2v) is 4.13. The molecule has 0 amide bonds. The number of nitrogens with zero attached hydrogens (tertiary/aromatic N) is 1. The van der Waals surface area contributed by atoms with E-state index in [-0.39, 0.29) is 5.70 Å². The zero-order valence-electron chi connectivity index (χ0n) is 10.8. The van der Waals surface area contributed by atoms with E-state index in [2.05, 4.69) is 10.3 Å². The number of halogens is 3. The van der Waals surface area contributed by atoms with E-state index in [1.165, 1.54) is 6.20 Å². The number of allylic oxidation sites excluding steroid dienone is 1. The van der Waals surface area contributed by atoms with E-state index in [1.54, 1.807) is 48.5 Å². The standard InChI is InChI=1S/C15H11F3N2O/c16-15(17,18)13(21)10-12(11-6-2-1-3-7-11)20-14-8-4-5-9-19-14/h1-10H,(H,19,20)/b12-10+. The molecular formula is C15H11F3N2O. The number of benzene rings is 1. The molecule has 21 heavy (non-hydrogen) atoms. The Balaban J connectivity index is 2.36. The summed E-state index contributed by atoms with van der Waals surface area (Å²) in [4.78, 5) is 15.1. The number of rotatable bonds is 4.